The minimum absolute atomic E-state index is 0.0711. The maximum atomic E-state index is 11.7. The first-order valence-corrected chi connectivity index (χ1v) is 10.2. The van der Waals surface area contributed by atoms with Crippen LogP contribution >= 0.6 is 0 Å². The van der Waals surface area contributed by atoms with E-state index in [1.807, 2.05) is 56.3 Å². The lowest BCUT2D eigenvalue weighted by Gasteiger charge is -2.12. The van der Waals surface area contributed by atoms with Gasteiger partial charge in [0.1, 0.15) is 6.61 Å². The predicted molar refractivity (Wildman–Crippen MR) is 127 cm³/mol. The molecule has 0 unspecified atom stereocenters. The summed E-state index contributed by atoms with van der Waals surface area (Å²) in [7, 11) is 1.44. The Morgan fingerprint density at radius 2 is 1.97 bits per heavy atom. The van der Waals surface area contributed by atoms with Crippen LogP contribution in [0.3, 0.4) is 0 Å². The Labute approximate surface area is 190 Å². The summed E-state index contributed by atoms with van der Waals surface area (Å²) < 4.78 is 11.2. The second-order valence-electron chi connectivity index (χ2n) is 7.58. The molecule has 1 heterocycles. The number of imidazole rings is 1. The number of aryl methyl sites for hydroxylation is 2. The zero-order chi connectivity index (χ0) is 23.4. The predicted octanol–water partition coefficient (Wildman–Crippen LogP) is 5.12. The fourth-order valence-corrected chi connectivity index (χ4v) is 3.42. The molecule has 0 bridgehead atoms. The second kappa shape index (κ2) is 9.39. The number of fused-ring (bicyclic) bond motifs is 1. The van der Waals surface area contributed by atoms with E-state index in [-0.39, 0.29) is 23.8 Å². The van der Waals surface area contributed by atoms with Gasteiger partial charge in [0.15, 0.2) is 5.75 Å². The summed E-state index contributed by atoms with van der Waals surface area (Å²) in [5, 5.41) is 15.9. The highest BCUT2D eigenvalue weighted by atomic mass is 16.6. The number of ether oxygens (including phenoxy) is 2. The van der Waals surface area contributed by atoms with E-state index in [4.69, 9.17) is 9.47 Å². The molecule has 9 nitrogen and oxygen atoms in total. The van der Waals surface area contributed by atoms with Crippen LogP contribution in [0.4, 0.5) is 11.6 Å². The fourth-order valence-electron chi connectivity index (χ4n) is 3.42. The van der Waals surface area contributed by atoms with Crippen LogP contribution in [0.25, 0.3) is 11.0 Å². The highest BCUT2D eigenvalue weighted by Crippen LogP contribution is 2.38. The largest absolute Gasteiger partial charge is 0.493 e. The number of nitro benzene ring substituents is 1. The summed E-state index contributed by atoms with van der Waals surface area (Å²) in [6.07, 6.45) is 1.46. The molecule has 0 aliphatic carbocycles. The Morgan fingerprint density at radius 1 is 1.15 bits per heavy atom. The number of hydrazone groups is 1. The zero-order valence-electron chi connectivity index (χ0n) is 18.5. The quantitative estimate of drug-likeness (QED) is 0.221. The Morgan fingerprint density at radius 3 is 2.73 bits per heavy atom. The van der Waals surface area contributed by atoms with E-state index >= 15 is 0 Å². The molecule has 1 aromatic heterocycles. The molecule has 0 fully saturated rings. The smallest absolute Gasteiger partial charge is 0.315 e. The van der Waals surface area contributed by atoms with Crippen molar-refractivity contribution in [2.24, 2.45) is 5.10 Å². The number of nitrogens with one attached hydrogen (secondary N) is 2. The Bertz CT molecular complexity index is 1350. The van der Waals surface area contributed by atoms with Gasteiger partial charge in [-0.3, -0.25) is 10.1 Å². The van der Waals surface area contributed by atoms with E-state index in [9.17, 15) is 10.1 Å². The van der Waals surface area contributed by atoms with Crippen LogP contribution in [0, 0.1) is 24.0 Å². The van der Waals surface area contributed by atoms with Crippen molar-refractivity contribution in [1.82, 2.24) is 9.97 Å². The third kappa shape index (κ3) is 5.09. The van der Waals surface area contributed by atoms with Crippen LogP contribution in [0.15, 0.2) is 59.7 Å². The topological polar surface area (TPSA) is 115 Å². The van der Waals surface area contributed by atoms with Gasteiger partial charge in [0, 0.05) is 11.6 Å². The van der Waals surface area contributed by atoms with Crippen LogP contribution in [0.5, 0.6) is 11.5 Å². The van der Waals surface area contributed by atoms with Crippen molar-refractivity contribution in [3.05, 3.63) is 87.0 Å². The molecule has 4 rings (SSSR count). The van der Waals surface area contributed by atoms with Crippen molar-refractivity contribution >= 4 is 28.9 Å². The maximum Gasteiger partial charge on any atom is 0.315 e. The normalized spacial score (nSPS) is 11.1. The molecule has 0 aliphatic heterocycles. The monoisotopic (exact) mass is 445 g/mol. The Hall–Kier alpha value is -4.40. The van der Waals surface area contributed by atoms with Crippen LogP contribution in [0.2, 0.25) is 0 Å². The van der Waals surface area contributed by atoms with E-state index in [0.717, 1.165) is 27.7 Å². The number of nitro groups is 1. The Kier molecular flexibility index (Phi) is 6.21. The maximum absolute atomic E-state index is 11.7. The van der Waals surface area contributed by atoms with E-state index in [0.29, 0.717) is 11.5 Å². The van der Waals surface area contributed by atoms with E-state index in [2.05, 4.69) is 20.5 Å². The molecule has 3 aromatic carbocycles. The van der Waals surface area contributed by atoms with Gasteiger partial charge >= 0.3 is 5.69 Å². The number of anilines is 1. The van der Waals surface area contributed by atoms with Gasteiger partial charge in [-0.2, -0.15) is 5.10 Å². The number of benzene rings is 3. The molecule has 0 atom stereocenters. The molecule has 0 saturated heterocycles. The number of aromatic nitrogens is 2. The number of hydrogen-bond acceptors (Lipinski definition) is 7. The average molecular weight is 445 g/mol. The van der Waals surface area contributed by atoms with Crippen molar-refractivity contribution in [1.29, 1.82) is 0 Å². The van der Waals surface area contributed by atoms with Crippen LogP contribution in [-0.4, -0.2) is 28.2 Å². The number of rotatable bonds is 8. The lowest BCUT2D eigenvalue weighted by atomic mass is 10.1. The zero-order valence-corrected chi connectivity index (χ0v) is 18.5. The van der Waals surface area contributed by atoms with Crippen molar-refractivity contribution in [3.63, 3.8) is 0 Å². The van der Waals surface area contributed by atoms with Gasteiger partial charge in [0.25, 0.3) is 0 Å². The van der Waals surface area contributed by atoms with E-state index in [1.54, 1.807) is 6.07 Å². The minimum Gasteiger partial charge on any atom is -0.493 e. The van der Waals surface area contributed by atoms with Crippen LogP contribution in [-0.2, 0) is 6.61 Å². The van der Waals surface area contributed by atoms with Gasteiger partial charge in [-0.05, 0) is 43.2 Å². The van der Waals surface area contributed by atoms with Gasteiger partial charge in [-0.25, -0.2) is 10.4 Å². The molecule has 9 heteroatoms. The number of aromatic amines is 1. The highest BCUT2D eigenvalue weighted by Gasteiger charge is 2.22. The summed E-state index contributed by atoms with van der Waals surface area (Å²) >= 11 is 0. The summed E-state index contributed by atoms with van der Waals surface area (Å²) in [6, 6.07) is 16.6. The standard InChI is InChI=1S/C24H23N5O4/c1-15-5-4-6-17(9-15)14-33-23-21(29(30)31)11-18(12-22(23)32-3)13-25-28-24-26-19-8-7-16(2)10-20(19)27-24/h4-13H,14H2,1-3H3,(H2,26,27,28)/b25-13-. The molecule has 0 spiro atoms. The SMILES string of the molecule is COc1cc(/C=N\Nc2nc3ccc(C)cc3[nH]2)cc([N+](=O)[O-])c1OCc1cccc(C)c1. The molecule has 0 saturated carbocycles. The summed E-state index contributed by atoms with van der Waals surface area (Å²) in [5.74, 6) is 0.783. The number of H-pyrrole nitrogens is 1. The third-order valence-electron chi connectivity index (χ3n) is 4.96. The lowest BCUT2D eigenvalue weighted by molar-refractivity contribution is -0.386. The average Bonchev–Trinajstić information content (AvgIpc) is 3.19. The fraction of sp³-hybridized carbons (Fsp3) is 0.167. The molecule has 168 valence electrons. The van der Waals surface area contributed by atoms with Crippen LogP contribution < -0.4 is 14.9 Å². The summed E-state index contributed by atoms with van der Waals surface area (Å²) in [4.78, 5) is 18.8. The van der Waals surface area contributed by atoms with Gasteiger partial charge in [-0.15, -0.1) is 0 Å². The Balaban J connectivity index is 1.55. The van der Waals surface area contributed by atoms with E-state index in [1.165, 1.54) is 19.4 Å². The molecule has 4 aromatic rings. The lowest BCUT2D eigenvalue weighted by Crippen LogP contribution is -2.03. The molecule has 0 amide bonds. The van der Waals surface area contributed by atoms with Gasteiger partial charge < -0.3 is 14.5 Å². The summed E-state index contributed by atoms with van der Waals surface area (Å²) in [6.45, 7) is 4.15. The number of methoxy groups -OCH3 is 1. The molecule has 33 heavy (non-hydrogen) atoms. The van der Waals surface area contributed by atoms with E-state index < -0.39 is 4.92 Å². The van der Waals surface area contributed by atoms with Crippen molar-refractivity contribution < 1.29 is 14.4 Å². The summed E-state index contributed by atoms with van der Waals surface area (Å²) in [5.41, 5.74) is 7.88. The number of hydrogen-bond donors (Lipinski definition) is 2. The second-order valence-corrected chi connectivity index (χ2v) is 7.58. The molecule has 0 radical (unpaired) electrons. The molecular formula is C24H23N5O4. The molecular weight excluding hydrogens is 422 g/mol. The van der Waals surface area contributed by atoms with Gasteiger partial charge in [0.05, 0.1) is 29.3 Å². The van der Waals surface area contributed by atoms with Crippen LogP contribution in [0.1, 0.15) is 22.3 Å². The third-order valence-corrected chi connectivity index (χ3v) is 4.96. The van der Waals surface area contributed by atoms with Crippen molar-refractivity contribution in [2.75, 3.05) is 12.5 Å². The highest BCUT2D eigenvalue weighted by molar-refractivity contribution is 5.84. The minimum atomic E-state index is -0.500. The molecule has 2 N–H and O–H groups in total. The van der Waals surface area contributed by atoms with Crippen molar-refractivity contribution in [2.45, 2.75) is 20.5 Å². The first-order chi connectivity index (χ1) is 15.9. The number of nitrogens with zero attached hydrogens (tertiary/aromatic N) is 3. The molecule has 0 aliphatic rings. The van der Waals surface area contributed by atoms with Crippen molar-refractivity contribution in [3.8, 4) is 11.5 Å². The first kappa shape index (κ1) is 21.8. The van der Waals surface area contributed by atoms with Gasteiger partial charge in [0.2, 0.25) is 11.7 Å². The first-order valence-electron chi connectivity index (χ1n) is 10.2. The van der Waals surface area contributed by atoms with Gasteiger partial charge in [-0.1, -0.05) is 35.9 Å².